The molecule has 198 valence electrons. The van der Waals surface area contributed by atoms with Crippen LogP contribution in [-0.4, -0.2) is 60.1 Å². The molecule has 2 N–H and O–H groups in total. The third-order valence-electron chi connectivity index (χ3n) is 6.97. The Balaban J connectivity index is 0.00000320. The molecule has 1 unspecified atom stereocenters. The van der Waals surface area contributed by atoms with Gasteiger partial charge in [-0.3, -0.25) is 4.68 Å². The average Bonchev–Trinajstić information content (AvgIpc) is 3.36. The van der Waals surface area contributed by atoms with Crippen LogP contribution in [-0.2, 0) is 0 Å². The molecule has 37 heavy (non-hydrogen) atoms. The lowest BCUT2D eigenvalue weighted by Gasteiger charge is -2.36. The van der Waals surface area contributed by atoms with Crippen LogP contribution in [0, 0.1) is 0 Å². The number of nitrogens with one attached hydrogen (secondary N) is 1. The molecule has 0 bridgehead atoms. The fourth-order valence-electron chi connectivity index (χ4n) is 5.20. The second-order valence-corrected chi connectivity index (χ2v) is 9.62. The van der Waals surface area contributed by atoms with E-state index < -0.39 is 23.7 Å². The second kappa shape index (κ2) is 11.7. The molecule has 3 aromatic rings. The van der Waals surface area contributed by atoms with Gasteiger partial charge in [0.2, 0.25) is 0 Å². The molecule has 2 aliphatic heterocycles. The quantitative estimate of drug-likeness (QED) is 0.420. The molecule has 0 saturated carbocycles. The summed E-state index contributed by atoms with van der Waals surface area (Å²) < 4.78 is 28.8. The largest absolute Gasteiger partial charge is 0.478 e. The van der Waals surface area contributed by atoms with Crippen LogP contribution in [0.15, 0.2) is 48.7 Å². The van der Waals surface area contributed by atoms with Gasteiger partial charge in [-0.2, -0.15) is 5.10 Å². The summed E-state index contributed by atoms with van der Waals surface area (Å²) in [6.45, 7) is 5.04. The Morgan fingerprint density at radius 3 is 2.49 bits per heavy atom. The van der Waals surface area contributed by atoms with Gasteiger partial charge in [0.1, 0.15) is 11.3 Å². The van der Waals surface area contributed by atoms with E-state index in [0.29, 0.717) is 18.0 Å². The molecule has 0 spiro atoms. The van der Waals surface area contributed by atoms with Crippen molar-refractivity contribution in [1.82, 2.24) is 15.1 Å². The van der Waals surface area contributed by atoms with E-state index >= 15 is 0 Å². The van der Waals surface area contributed by atoms with Crippen molar-refractivity contribution in [2.45, 2.75) is 25.3 Å². The second-order valence-electron chi connectivity index (χ2n) is 9.18. The fourth-order valence-corrected chi connectivity index (χ4v) is 5.37. The van der Waals surface area contributed by atoms with Crippen molar-refractivity contribution >= 4 is 41.4 Å². The van der Waals surface area contributed by atoms with E-state index in [1.807, 2.05) is 18.2 Å². The number of halogens is 4. The summed E-state index contributed by atoms with van der Waals surface area (Å²) in [6, 6.07) is 13.8. The first-order valence-corrected chi connectivity index (χ1v) is 12.5. The first-order valence-electron chi connectivity index (χ1n) is 12.1. The molecule has 1 aromatic heterocycles. The van der Waals surface area contributed by atoms with Gasteiger partial charge in [0.25, 0.3) is 6.43 Å². The lowest BCUT2D eigenvalue weighted by atomic mass is 9.99. The summed E-state index contributed by atoms with van der Waals surface area (Å²) in [5.74, 6) is -1.40. The molecular weight excluding hydrogens is 523 g/mol. The first-order chi connectivity index (χ1) is 17.4. The topological polar surface area (TPSA) is 73.6 Å². The number of piperidine rings is 1. The SMILES string of the molecule is Cl.O=C(O)c1cnn(C2CCCN(c3cc(Cl)ccc3-c3ccc(N4CCNCC4)cc3)C2)c1C(F)F. The molecule has 11 heteroatoms. The molecular formula is C26H29Cl2F2N5O2. The van der Waals surface area contributed by atoms with E-state index in [1.165, 1.54) is 10.4 Å². The number of aromatic nitrogens is 2. The number of benzene rings is 2. The van der Waals surface area contributed by atoms with Crippen LogP contribution < -0.4 is 15.1 Å². The number of carboxylic acid groups (broad SMARTS) is 1. The molecule has 7 nitrogen and oxygen atoms in total. The number of alkyl halides is 2. The number of carbonyl (C=O) groups is 1. The molecule has 2 saturated heterocycles. The van der Waals surface area contributed by atoms with Crippen molar-refractivity contribution in [3.63, 3.8) is 0 Å². The van der Waals surface area contributed by atoms with Gasteiger partial charge >= 0.3 is 5.97 Å². The first kappa shape index (κ1) is 27.2. The van der Waals surface area contributed by atoms with Crippen LogP contribution in [0.3, 0.4) is 0 Å². The Morgan fingerprint density at radius 1 is 1.08 bits per heavy atom. The average molecular weight is 552 g/mol. The molecule has 2 fully saturated rings. The van der Waals surface area contributed by atoms with E-state index in [0.717, 1.165) is 62.2 Å². The zero-order valence-electron chi connectivity index (χ0n) is 20.1. The number of nitrogens with zero attached hydrogens (tertiary/aromatic N) is 4. The zero-order valence-corrected chi connectivity index (χ0v) is 21.7. The highest BCUT2D eigenvalue weighted by Crippen LogP contribution is 2.38. The van der Waals surface area contributed by atoms with E-state index in [9.17, 15) is 18.7 Å². The van der Waals surface area contributed by atoms with Crippen LogP contribution in [0.4, 0.5) is 20.2 Å². The Kier molecular flexibility index (Phi) is 8.56. The highest BCUT2D eigenvalue weighted by Gasteiger charge is 2.31. The van der Waals surface area contributed by atoms with Gasteiger partial charge in [0, 0.05) is 61.2 Å². The van der Waals surface area contributed by atoms with Crippen molar-refractivity contribution in [3.05, 3.63) is 64.9 Å². The minimum Gasteiger partial charge on any atom is -0.478 e. The standard InChI is InChI=1S/C26H28ClF2N5O2.ClH/c27-18-5-8-21(17-3-6-19(7-4-17)32-12-9-30-10-13-32)23(14-18)33-11-1-2-20(16-33)34-24(25(28)29)22(15-31-34)26(35)36;/h3-8,14-15,20,25,30H,1-2,9-13,16H2,(H,35,36);1H. The molecule has 1 atom stereocenters. The Hall–Kier alpha value is -2.88. The third kappa shape index (κ3) is 5.68. The summed E-state index contributed by atoms with van der Waals surface area (Å²) >= 11 is 6.39. The van der Waals surface area contributed by atoms with Gasteiger partial charge in [0.15, 0.2) is 0 Å². The molecule has 0 aliphatic carbocycles. The van der Waals surface area contributed by atoms with E-state index in [4.69, 9.17) is 11.6 Å². The van der Waals surface area contributed by atoms with Crippen molar-refractivity contribution < 1.29 is 18.7 Å². The van der Waals surface area contributed by atoms with Crippen molar-refractivity contribution in [2.24, 2.45) is 0 Å². The number of piperazine rings is 1. The minimum atomic E-state index is -2.93. The molecule has 0 amide bonds. The number of carboxylic acids is 1. The van der Waals surface area contributed by atoms with Crippen LogP contribution in [0.25, 0.3) is 11.1 Å². The van der Waals surface area contributed by atoms with E-state index in [2.05, 4.69) is 44.5 Å². The third-order valence-corrected chi connectivity index (χ3v) is 7.21. The maximum Gasteiger partial charge on any atom is 0.339 e. The Bertz CT molecular complexity index is 1230. The lowest BCUT2D eigenvalue weighted by molar-refractivity contribution is 0.0681. The normalized spacial score (nSPS) is 18.1. The molecule has 0 radical (unpaired) electrons. The summed E-state index contributed by atoms with van der Waals surface area (Å²) in [4.78, 5) is 15.9. The maximum atomic E-state index is 13.8. The van der Waals surface area contributed by atoms with Gasteiger partial charge in [-0.15, -0.1) is 12.4 Å². The number of rotatable bonds is 6. The van der Waals surface area contributed by atoms with Gasteiger partial charge < -0.3 is 20.2 Å². The summed E-state index contributed by atoms with van der Waals surface area (Å²) in [6.07, 6.45) is -0.520. The summed E-state index contributed by atoms with van der Waals surface area (Å²) in [7, 11) is 0. The highest BCUT2D eigenvalue weighted by atomic mass is 35.5. The van der Waals surface area contributed by atoms with Crippen LogP contribution in [0.2, 0.25) is 5.02 Å². The zero-order chi connectivity index (χ0) is 25.2. The summed E-state index contributed by atoms with van der Waals surface area (Å²) in [5.41, 5.74) is 3.17. The monoisotopic (exact) mass is 551 g/mol. The van der Waals surface area contributed by atoms with Gasteiger partial charge in [-0.1, -0.05) is 29.8 Å². The number of aromatic carboxylic acids is 1. The highest BCUT2D eigenvalue weighted by molar-refractivity contribution is 6.31. The Labute approximate surface area is 225 Å². The maximum absolute atomic E-state index is 13.8. The molecule has 5 rings (SSSR count). The number of hydrogen-bond donors (Lipinski definition) is 2. The lowest BCUT2D eigenvalue weighted by Crippen LogP contribution is -2.43. The van der Waals surface area contributed by atoms with Crippen LogP contribution in [0.5, 0.6) is 0 Å². The predicted molar refractivity (Wildman–Crippen MR) is 144 cm³/mol. The molecule has 2 aromatic carbocycles. The van der Waals surface area contributed by atoms with Crippen molar-refractivity contribution in [2.75, 3.05) is 49.1 Å². The van der Waals surface area contributed by atoms with E-state index in [1.54, 1.807) is 0 Å². The number of anilines is 2. The van der Waals surface area contributed by atoms with E-state index in [-0.39, 0.29) is 18.4 Å². The van der Waals surface area contributed by atoms with Gasteiger partial charge in [0.05, 0.1) is 12.2 Å². The van der Waals surface area contributed by atoms with Gasteiger partial charge in [-0.05, 0) is 42.7 Å². The molecule has 3 heterocycles. The Morgan fingerprint density at radius 2 is 1.81 bits per heavy atom. The molecule has 2 aliphatic rings. The van der Waals surface area contributed by atoms with Crippen molar-refractivity contribution in [3.8, 4) is 11.1 Å². The summed E-state index contributed by atoms with van der Waals surface area (Å²) in [5, 5.41) is 17.3. The van der Waals surface area contributed by atoms with Crippen LogP contribution in [0.1, 0.15) is 41.4 Å². The predicted octanol–water partition coefficient (Wildman–Crippen LogP) is 5.51. The number of hydrogen-bond acceptors (Lipinski definition) is 5. The smallest absolute Gasteiger partial charge is 0.339 e. The minimum absolute atomic E-state index is 0. The fraction of sp³-hybridized carbons (Fsp3) is 0.385. The van der Waals surface area contributed by atoms with Crippen LogP contribution >= 0.6 is 24.0 Å². The van der Waals surface area contributed by atoms with Crippen molar-refractivity contribution in [1.29, 1.82) is 0 Å². The van der Waals surface area contributed by atoms with Gasteiger partial charge in [-0.25, -0.2) is 13.6 Å².